The molecule has 0 aliphatic carbocycles. The van der Waals surface area contributed by atoms with Crippen LogP contribution >= 0.6 is 15.9 Å². The first-order valence-electron chi connectivity index (χ1n) is 6.68. The molecule has 0 amide bonds. The average Bonchev–Trinajstić information content (AvgIpc) is 2.76. The van der Waals surface area contributed by atoms with Crippen molar-refractivity contribution in [2.45, 2.75) is 25.8 Å². The second kappa shape index (κ2) is 6.50. The zero-order chi connectivity index (χ0) is 14.7. The molecule has 0 bridgehead atoms. The molecular weight excluding hydrogens is 321 g/mol. The number of likely N-dealkylation sites (N-methyl/N-ethyl adjacent to an activating group) is 1. The van der Waals surface area contributed by atoms with Crippen molar-refractivity contribution in [1.29, 1.82) is 0 Å². The van der Waals surface area contributed by atoms with Crippen LogP contribution in [0, 0.1) is 5.82 Å². The molecule has 1 aromatic heterocycles. The quantitative estimate of drug-likeness (QED) is 0.904. The molecule has 0 spiro atoms. The van der Waals surface area contributed by atoms with Crippen LogP contribution in [-0.4, -0.2) is 16.8 Å². The Morgan fingerprint density at radius 1 is 1.35 bits per heavy atom. The van der Waals surface area contributed by atoms with Crippen LogP contribution < -0.4 is 5.32 Å². The maximum atomic E-state index is 13.5. The molecule has 1 unspecified atom stereocenters. The Labute approximate surface area is 127 Å². The molecular formula is C15H19BrFN3. The van der Waals surface area contributed by atoms with Gasteiger partial charge in [-0.1, -0.05) is 22.9 Å². The molecule has 0 saturated heterocycles. The Bertz CT molecular complexity index is 575. The number of hydrogen-bond donors (Lipinski definition) is 1. The van der Waals surface area contributed by atoms with Gasteiger partial charge in [0.05, 0.1) is 17.4 Å². The van der Waals surface area contributed by atoms with Crippen molar-refractivity contribution >= 4 is 15.9 Å². The lowest BCUT2D eigenvalue weighted by Crippen LogP contribution is -2.21. The highest BCUT2D eigenvalue weighted by Crippen LogP contribution is 2.22. The smallest absolute Gasteiger partial charge is 0.124 e. The average molecular weight is 340 g/mol. The van der Waals surface area contributed by atoms with Gasteiger partial charge >= 0.3 is 0 Å². The summed E-state index contributed by atoms with van der Waals surface area (Å²) in [5.74, 6) is -0.219. The summed E-state index contributed by atoms with van der Waals surface area (Å²) < 4.78 is 16.1. The van der Waals surface area contributed by atoms with Crippen LogP contribution in [0.25, 0.3) is 0 Å². The van der Waals surface area contributed by atoms with Crippen LogP contribution in [0.15, 0.2) is 28.7 Å². The van der Waals surface area contributed by atoms with Crippen LogP contribution in [0.2, 0.25) is 0 Å². The molecule has 0 saturated carbocycles. The standard InChI is InChI=1S/C15H19BrFN3/c1-4-13-9-15(20(3)19-13)14(18-2)7-10-5-11(16)8-12(17)6-10/h5-6,8-9,14,18H,4,7H2,1-3H3. The molecule has 5 heteroatoms. The molecule has 108 valence electrons. The second-order valence-corrected chi connectivity index (χ2v) is 5.78. The van der Waals surface area contributed by atoms with Gasteiger partial charge in [-0.2, -0.15) is 5.10 Å². The molecule has 3 nitrogen and oxygen atoms in total. The molecule has 1 N–H and O–H groups in total. The van der Waals surface area contributed by atoms with Crippen LogP contribution in [0.3, 0.4) is 0 Å². The van der Waals surface area contributed by atoms with Crippen LogP contribution in [0.5, 0.6) is 0 Å². The van der Waals surface area contributed by atoms with Crippen molar-refractivity contribution in [3.05, 3.63) is 51.5 Å². The van der Waals surface area contributed by atoms with Gasteiger partial charge in [0.1, 0.15) is 5.82 Å². The topological polar surface area (TPSA) is 29.9 Å². The van der Waals surface area contributed by atoms with Gasteiger partial charge in [0, 0.05) is 11.5 Å². The van der Waals surface area contributed by atoms with E-state index in [9.17, 15) is 4.39 Å². The highest BCUT2D eigenvalue weighted by molar-refractivity contribution is 9.10. The first-order valence-corrected chi connectivity index (χ1v) is 7.47. The van der Waals surface area contributed by atoms with Gasteiger partial charge in [0.15, 0.2) is 0 Å². The molecule has 1 heterocycles. The SMILES string of the molecule is CCc1cc(C(Cc2cc(F)cc(Br)c2)NC)n(C)n1. The summed E-state index contributed by atoms with van der Waals surface area (Å²) in [7, 11) is 3.86. The predicted octanol–water partition coefficient (Wildman–Crippen LogP) is 3.39. The molecule has 2 rings (SSSR count). The Morgan fingerprint density at radius 3 is 2.65 bits per heavy atom. The minimum atomic E-state index is -0.219. The van der Waals surface area contributed by atoms with Crippen molar-refractivity contribution in [3.63, 3.8) is 0 Å². The number of rotatable bonds is 5. The fourth-order valence-corrected chi connectivity index (χ4v) is 2.87. The Kier molecular flexibility index (Phi) is 4.94. The van der Waals surface area contributed by atoms with Crippen LogP contribution in [0.4, 0.5) is 4.39 Å². The maximum Gasteiger partial charge on any atom is 0.124 e. The predicted molar refractivity (Wildman–Crippen MR) is 82.2 cm³/mol. The van der Waals surface area contributed by atoms with Crippen molar-refractivity contribution in [1.82, 2.24) is 15.1 Å². The van der Waals surface area contributed by atoms with Crippen LogP contribution in [0.1, 0.15) is 29.9 Å². The number of aryl methyl sites for hydroxylation is 2. The minimum Gasteiger partial charge on any atom is -0.311 e. The van der Waals surface area contributed by atoms with E-state index < -0.39 is 0 Å². The van der Waals surface area contributed by atoms with E-state index in [0.717, 1.165) is 34.3 Å². The highest BCUT2D eigenvalue weighted by atomic mass is 79.9. The number of benzene rings is 1. The molecule has 0 fully saturated rings. The molecule has 0 aliphatic heterocycles. The third kappa shape index (κ3) is 3.46. The lowest BCUT2D eigenvalue weighted by atomic mass is 10.0. The minimum absolute atomic E-state index is 0.112. The molecule has 20 heavy (non-hydrogen) atoms. The Morgan fingerprint density at radius 2 is 2.10 bits per heavy atom. The van der Waals surface area contributed by atoms with E-state index in [4.69, 9.17) is 0 Å². The van der Waals surface area contributed by atoms with Crippen molar-refractivity contribution in [2.24, 2.45) is 7.05 Å². The summed E-state index contributed by atoms with van der Waals surface area (Å²) in [5.41, 5.74) is 3.14. The summed E-state index contributed by atoms with van der Waals surface area (Å²) in [6.45, 7) is 2.09. The van der Waals surface area contributed by atoms with E-state index in [0.29, 0.717) is 0 Å². The van der Waals surface area contributed by atoms with Gasteiger partial charge in [-0.05, 0) is 49.7 Å². The fourth-order valence-electron chi connectivity index (χ4n) is 2.36. The van der Waals surface area contributed by atoms with Crippen molar-refractivity contribution in [2.75, 3.05) is 7.05 Å². The third-order valence-electron chi connectivity index (χ3n) is 3.40. The highest BCUT2D eigenvalue weighted by Gasteiger charge is 2.16. The third-order valence-corrected chi connectivity index (χ3v) is 3.85. The Hall–Kier alpha value is -1.20. The van der Waals surface area contributed by atoms with Gasteiger partial charge in [0.25, 0.3) is 0 Å². The number of hydrogen-bond acceptors (Lipinski definition) is 2. The monoisotopic (exact) mass is 339 g/mol. The Balaban J connectivity index is 2.25. The van der Waals surface area contributed by atoms with Gasteiger partial charge < -0.3 is 5.32 Å². The zero-order valence-electron chi connectivity index (χ0n) is 12.0. The van der Waals surface area contributed by atoms with Gasteiger partial charge in [-0.25, -0.2) is 4.39 Å². The van der Waals surface area contributed by atoms with E-state index in [2.05, 4.69) is 39.3 Å². The van der Waals surface area contributed by atoms with Crippen molar-refractivity contribution in [3.8, 4) is 0 Å². The second-order valence-electron chi connectivity index (χ2n) is 4.86. The molecule has 2 aromatic rings. The van der Waals surface area contributed by atoms with E-state index in [1.807, 2.05) is 24.8 Å². The first-order chi connectivity index (χ1) is 9.53. The fraction of sp³-hybridized carbons (Fsp3) is 0.400. The van der Waals surface area contributed by atoms with E-state index in [-0.39, 0.29) is 11.9 Å². The lowest BCUT2D eigenvalue weighted by Gasteiger charge is -2.16. The molecule has 1 aromatic carbocycles. The normalized spacial score (nSPS) is 12.7. The van der Waals surface area contributed by atoms with Crippen LogP contribution in [-0.2, 0) is 19.9 Å². The summed E-state index contributed by atoms with van der Waals surface area (Å²) >= 11 is 3.33. The van der Waals surface area contributed by atoms with E-state index in [1.165, 1.54) is 6.07 Å². The zero-order valence-corrected chi connectivity index (χ0v) is 13.5. The largest absolute Gasteiger partial charge is 0.311 e. The first kappa shape index (κ1) is 15.2. The summed E-state index contributed by atoms with van der Waals surface area (Å²) in [6.07, 6.45) is 1.63. The van der Waals surface area contributed by atoms with Gasteiger partial charge in [-0.15, -0.1) is 0 Å². The maximum absolute atomic E-state index is 13.5. The molecule has 0 aliphatic rings. The number of nitrogens with one attached hydrogen (secondary N) is 1. The molecule has 1 atom stereocenters. The van der Waals surface area contributed by atoms with Gasteiger partial charge in [-0.3, -0.25) is 4.68 Å². The summed E-state index contributed by atoms with van der Waals surface area (Å²) in [6, 6.07) is 7.21. The van der Waals surface area contributed by atoms with E-state index >= 15 is 0 Å². The number of aromatic nitrogens is 2. The summed E-state index contributed by atoms with van der Waals surface area (Å²) in [4.78, 5) is 0. The van der Waals surface area contributed by atoms with E-state index in [1.54, 1.807) is 6.07 Å². The van der Waals surface area contributed by atoms with Crippen molar-refractivity contribution < 1.29 is 4.39 Å². The number of nitrogens with zero attached hydrogens (tertiary/aromatic N) is 2. The molecule has 0 radical (unpaired) electrons. The van der Waals surface area contributed by atoms with Gasteiger partial charge in [0.2, 0.25) is 0 Å². The number of halogens is 2. The lowest BCUT2D eigenvalue weighted by molar-refractivity contribution is 0.534. The summed E-state index contributed by atoms with van der Waals surface area (Å²) in [5, 5.41) is 7.75.